The molecule has 1 aromatic heterocycles. The van der Waals surface area contributed by atoms with Crippen LogP contribution in [0.25, 0.3) is 11.3 Å². The number of hydrogen-bond donors (Lipinski definition) is 2. The Balaban J connectivity index is 1.71. The second kappa shape index (κ2) is 4.63. The molecular weight excluding hydrogens is 248 g/mol. The first-order chi connectivity index (χ1) is 9.81. The lowest BCUT2D eigenvalue weighted by atomic mass is 9.92. The average molecular weight is 268 g/mol. The van der Waals surface area contributed by atoms with Crippen LogP contribution in [0.2, 0.25) is 0 Å². The molecule has 2 atom stereocenters. The van der Waals surface area contributed by atoms with Crippen molar-refractivity contribution in [1.29, 1.82) is 0 Å². The minimum absolute atomic E-state index is 0.548. The van der Waals surface area contributed by atoms with Gasteiger partial charge in [0.25, 0.3) is 0 Å². The zero-order valence-electron chi connectivity index (χ0n) is 11.8. The molecule has 0 aliphatic carbocycles. The molecule has 2 aliphatic heterocycles. The van der Waals surface area contributed by atoms with Crippen molar-refractivity contribution in [1.82, 2.24) is 15.1 Å². The Morgan fingerprint density at radius 2 is 2.05 bits per heavy atom. The SMILES string of the molecule is Cc1ccc(-c2cc3n(n2)C2CCNCC2CN3)cc1. The van der Waals surface area contributed by atoms with Crippen molar-refractivity contribution < 1.29 is 0 Å². The Labute approximate surface area is 119 Å². The summed E-state index contributed by atoms with van der Waals surface area (Å²) in [5, 5.41) is 11.9. The molecule has 0 amide bonds. The summed E-state index contributed by atoms with van der Waals surface area (Å²) in [6.07, 6.45) is 1.17. The molecule has 0 radical (unpaired) electrons. The van der Waals surface area contributed by atoms with E-state index in [2.05, 4.69) is 52.6 Å². The normalized spacial score (nSPS) is 24.6. The molecule has 0 spiro atoms. The van der Waals surface area contributed by atoms with E-state index in [4.69, 9.17) is 5.10 Å². The van der Waals surface area contributed by atoms with Crippen LogP contribution in [-0.4, -0.2) is 29.4 Å². The fourth-order valence-corrected chi connectivity index (χ4v) is 3.32. The molecular formula is C16H20N4. The van der Waals surface area contributed by atoms with Crippen LogP contribution in [0.5, 0.6) is 0 Å². The summed E-state index contributed by atoms with van der Waals surface area (Å²) >= 11 is 0. The predicted molar refractivity (Wildman–Crippen MR) is 80.9 cm³/mol. The fraction of sp³-hybridized carbons (Fsp3) is 0.438. The first-order valence-electron chi connectivity index (χ1n) is 7.42. The van der Waals surface area contributed by atoms with Gasteiger partial charge >= 0.3 is 0 Å². The lowest BCUT2D eigenvalue weighted by molar-refractivity contribution is 0.238. The summed E-state index contributed by atoms with van der Waals surface area (Å²) in [6, 6.07) is 11.3. The van der Waals surface area contributed by atoms with Crippen LogP contribution in [-0.2, 0) is 0 Å². The van der Waals surface area contributed by atoms with Crippen LogP contribution in [0.4, 0.5) is 5.82 Å². The van der Waals surface area contributed by atoms with Crippen molar-refractivity contribution >= 4 is 5.82 Å². The Kier molecular flexibility index (Phi) is 2.77. The van der Waals surface area contributed by atoms with Gasteiger partial charge in [-0.1, -0.05) is 29.8 Å². The van der Waals surface area contributed by atoms with E-state index in [1.165, 1.54) is 23.4 Å². The molecule has 4 heteroatoms. The summed E-state index contributed by atoms with van der Waals surface area (Å²) in [7, 11) is 0. The van der Waals surface area contributed by atoms with Gasteiger partial charge in [-0.15, -0.1) is 0 Å². The molecule has 1 aromatic carbocycles. The van der Waals surface area contributed by atoms with E-state index in [0.717, 1.165) is 25.3 Å². The third kappa shape index (κ3) is 1.91. The number of aromatic nitrogens is 2. The second-order valence-electron chi connectivity index (χ2n) is 5.93. The van der Waals surface area contributed by atoms with E-state index in [9.17, 15) is 0 Å². The van der Waals surface area contributed by atoms with Crippen LogP contribution >= 0.6 is 0 Å². The third-order valence-corrected chi connectivity index (χ3v) is 4.51. The number of rotatable bonds is 1. The Morgan fingerprint density at radius 1 is 1.20 bits per heavy atom. The largest absolute Gasteiger partial charge is 0.370 e. The highest BCUT2D eigenvalue weighted by atomic mass is 15.4. The van der Waals surface area contributed by atoms with E-state index in [1.807, 2.05) is 0 Å². The Bertz CT molecular complexity index is 614. The monoisotopic (exact) mass is 268 g/mol. The summed E-state index contributed by atoms with van der Waals surface area (Å²) in [5.74, 6) is 1.82. The lowest BCUT2D eigenvalue weighted by Crippen LogP contribution is -2.44. The van der Waals surface area contributed by atoms with Crippen LogP contribution in [0, 0.1) is 12.8 Å². The predicted octanol–water partition coefficient (Wildman–Crippen LogP) is 2.43. The van der Waals surface area contributed by atoms with E-state index in [0.29, 0.717) is 12.0 Å². The molecule has 2 aliphatic rings. The highest BCUT2D eigenvalue weighted by Crippen LogP contribution is 2.34. The van der Waals surface area contributed by atoms with Crippen molar-refractivity contribution in [3.05, 3.63) is 35.9 Å². The first kappa shape index (κ1) is 12.0. The zero-order valence-corrected chi connectivity index (χ0v) is 11.8. The molecule has 20 heavy (non-hydrogen) atoms. The van der Waals surface area contributed by atoms with Gasteiger partial charge in [0, 0.05) is 30.6 Å². The van der Waals surface area contributed by atoms with Gasteiger partial charge in [0.2, 0.25) is 0 Å². The first-order valence-corrected chi connectivity index (χ1v) is 7.42. The third-order valence-electron chi connectivity index (χ3n) is 4.51. The molecule has 0 bridgehead atoms. The van der Waals surface area contributed by atoms with Gasteiger partial charge in [-0.25, -0.2) is 4.68 Å². The van der Waals surface area contributed by atoms with Crippen molar-refractivity contribution in [3.8, 4) is 11.3 Å². The number of piperidine rings is 1. The molecule has 4 rings (SSSR count). The number of aryl methyl sites for hydroxylation is 1. The molecule has 3 heterocycles. The molecule has 2 unspecified atom stereocenters. The number of nitrogens with zero attached hydrogens (tertiary/aromatic N) is 2. The molecule has 1 saturated heterocycles. The maximum atomic E-state index is 4.86. The number of anilines is 1. The second-order valence-corrected chi connectivity index (χ2v) is 5.93. The lowest BCUT2D eigenvalue weighted by Gasteiger charge is -2.37. The van der Waals surface area contributed by atoms with Crippen LogP contribution < -0.4 is 10.6 Å². The van der Waals surface area contributed by atoms with Crippen molar-refractivity contribution in [3.63, 3.8) is 0 Å². The van der Waals surface area contributed by atoms with Crippen molar-refractivity contribution in [2.75, 3.05) is 25.0 Å². The van der Waals surface area contributed by atoms with Crippen molar-refractivity contribution in [2.24, 2.45) is 5.92 Å². The van der Waals surface area contributed by atoms with Gasteiger partial charge in [0.1, 0.15) is 5.82 Å². The minimum atomic E-state index is 0.548. The highest BCUT2D eigenvalue weighted by molar-refractivity contribution is 5.63. The summed E-state index contributed by atoms with van der Waals surface area (Å²) in [4.78, 5) is 0. The quantitative estimate of drug-likeness (QED) is 0.834. The van der Waals surface area contributed by atoms with E-state index < -0.39 is 0 Å². The van der Waals surface area contributed by atoms with Crippen LogP contribution in [0.1, 0.15) is 18.0 Å². The van der Waals surface area contributed by atoms with Crippen molar-refractivity contribution in [2.45, 2.75) is 19.4 Å². The summed E-state index contributed by atoms with van der Waals surface area (Å²) < 4.78 is 2.21. The highest BCUT2D eigenvalue weighted by Gasteiger charge is 2.32. The molecule has 4 nitrogen and oxygen atoms in total. The maximum absolute atomic E-state index is 4.86. The molecule has 0 saturated carbocycles. The Hall–Kier alpha value is -1.81. The minimum Gasteiger partial charge on any atom is -0.370 e. The van der Waals surface area contributed by atoms with Crippen LogP contribution in [0.15, 0.2) is 30.3 Å². The number of fused-ring (bicyclic) bond motifs is 3. The smallest absolute Gasteiger partial charge is 0.125 e. The zero-order chi connectivity index (χ0) is 13.5. The van der Waals surface area contributed by atoms with Gasteiger partial charge in [-0.3, -0.25) is 0 Å². The van der Waals surface area contributed by atoms with Gasteiger partial charge in [0.15, 0.2) is 0 Å². The summed E-state index contributed by atoms with van der Waals surface area (Å²) in [6.45, 7) is 5.36. The maximum Gasteiger partial charge on any atom is 0.125 e. The number of hydrogen-bond acceptors (Lipinski definition) is 3. The molecule has 2 N–H and O–H groups in total. The fourth-order valence-electron chi connectivity index (χ4n) is 3.32. The average Bonchev–Trinajstić information content (AvgIpc) is 2.92. The van der Waals surface area contributed by atoms with E-state index in [-0.39, 0.29) is 0 Å². The Morgan fingerprint density at radius 3 is 2.90 bits per heavy atom. The van der Waals surface area contributed by atoms with E-state index >= 15 is 0 Å². The topological polar surface area (TPSA) is 41.9 Å². The number of nitrogens with one attached hydrogen (secondary N) is 2. The molecule has 104 valence electrons. The molecule has 2 aromatic rings. The van der Waals surface area contributed by atoms with E-state index in [1.54, 1.807) is 0 Å². The van der Waals surface area contributed by atoms with Gasteiger partial charge < -0.3 is 10.6 Å². The molecule has 1 fully saturated rings. The van der Waals surface area contributed by atoms with Gasteiger partial charge in [-0.05, 0) is 19.9 Å². The standard InChI is InChI=1S/C16H20N4/c1-11-2-4-12(5-3-11)14-8-16-18-10-13-9-17-7-6-15(13)20(16)19-14/h2-5,8,13,15,17-18H,6-7,9-10H2,1H3. The summed E-state index contributed by atoms with van der Waals surface area (Å²) in [5.41, 5.74) is 3.56. The van der Waals surface area contributed by atoms with Gasteiger partial charge in [-0.2, -0.15) is 5.10 Å². The van der Waals surface area contributed by atoms with Gasteiger partial charge in [0.05, 0.1) is 11.7 Å². The van der Waals surface area contributed by atoms with Crippen LogP contribution in [0.3, 0.4) is 0 Å². The number of benzene rings is 1.